The number of aryl methyl sites for hydroxylation is 1. The molecule has 24 heavy (non-hydrogen) atoms. The van der Waals surface area contributed by atoms with Crippen molar-refractivity contribution in [2.24, 2.45) is 0 Å². The van der Waals surface area contributed by atoms with Crippen molar-refractivity contribution in [3.63, 3.8) is 0 Å². The van der Waals surface area contributed by atoms with Gasteiger partial charge in [0.25, 0.3) is 0 Å². The van der Waals surface area contributed by atoms with Crippen LogP contribution in [0.1, 0.15) is 18.0 Å². The SMILES string of the molecule is COc1ccc(-c2n[nH]c(CNC(=O)CCc3ccco3)n2)cc1. The van der Waals surface area contributed by atoms with Crippen LogP contribution in [0.2, 0.25) is 0 Å². The molecule has 1 aromatic carbocycles. The summed E-state index contributed by atoms with van der Waals surface area (Å²) in [5, 5.41) is 9.81. The van der Waals surface area contributed by atoms with Crippen LogP contribution in [0.25, 0.3) is 11.4 Å². The Hall–Kier alpha value is -3.09. The van der Waals surface area contributed by atoms with Gasteiger partial charge in [-0.25, -0.2) is 4.98 Å². The molecule has 0 saturated carbocycles. The van der Waals surface area contributed by atoms with Gasteiger partial charge < -0.3 is 14.5 Å². The fourth-order valence-corrected chi connectivity index (χ4v) is 2.21. The molecule has 0 spiro atoms. The first-order valence-electron chi connectivity index (χ1n) is 7.59. The third-order valence-corrected chi connectivity index (χ3v) is 3.51. The Morgan fingerprint density at radius 1 is 1.29 bits per heavy atom. The second-order valence-electron chi connectivity index (χ2n) is 5.19. The van der Waals surface area contributed by atoms with Crippen molar-refractivity contribution in [3.05, 3.63) is 54.2 Å². The van der Waals surface area contributed by atoms with Gasteiger partial charge in [-0.2, -0.15) is 5.10 Å². The zero-order chi connectivity index (χ0) is 16.8. The number of aromatic nitrogens is 3. The maximum Gasteiger partial charge on any atom is 0.220 e. The van der Waals surface area contributed by atoms with Crippen LogP contribution in [0, 0.1) is 0 Å². The number of amides is 1. The summed E-state index contributed by atoms with van der Waals surface area (Å²) in [5.74, 6) is 2.70. The standard InChI is InChI=1S/C17H18N4O3/c1-23-13-6-4-12(5-7-13)17-19-15(20-21-17)11-18-16(22)9-8-14-3-2-10-24-14/h2-7,10H,8-9,11H2,1H3,(H,18,22)(H,19,20,21). The van der Waals surface area contributed by atoms with E-state index in [9.17, 15) is 4.79 Å². The van der Waals surface area contributed by atoms with Crippen LogP contribution >= 0.6 is 0 Å². The van der Waals surface area contributed by atoms with Gasteiger partial charge in [-0.1, -0.05) is 0 Å². The van der Waals surface area contributed by atoms with Gasteiger partial charge in [0.2, 0.25) is 5.91 Å². The highest BCUT2D eigenvalue weighted by Gasteiger charge is 2.08. The molecule has 124 valence electrons. The molecule has 0 aliphatic heterocycles. The van der Waals surface area contributed by atoms with Gasteiger partial charge >= 0.3 is 0 Å². The van der Waals surface area contributed by atoms with Crippen molar-refractivity contribution in [2.75, 3.05) is 7.11 Å². The highest BCUT2D eigenvalue weighted by molar-refractivity contribution is 5.76. The molecule has 0 unspecified atom stereocenters. The van der Waals surface area contributed by atoms with Crippen LogP contribution in [0.4, 0.5) is 0 Å². The molecule has 0 atom stereocenters. The molecule has 0 aliphatic rings. The fraction of sp³-hybridized carbons (Fsp3) is 0.235. The van der Waals surface area contributed by atoms with Crippen LogP contribution in [-0.4, -0.2) is 28.2 Å². The lowest BCUT2D eigenvalue weighted by molar-refractivity contribution is -0.121. The van der Waals surface area contributed by atoms with Crippen LogP contribution < -0.4 is 10.1 Å². The molecular weight excluding hydrogens is 308 g/mol. The number of nitrogens with zero attached hydrogens (tertiary/aromatic N) is 2. The molecule has 0 radical (unpaired) electrons. The Morgan fingerprint density at radius 2 is 2.12 bits per heavy atom. The molecule has 0 aliphatic carbocycles. The largest absolute Gasteiger partial charge is 0.497 e. The normalized spacial score (nSPS) is 10.5. The topological polar surface area (TPSA) is 93.0 Å². The van der Waals surface area contributed by atoms with Gasteiger partial charge in [-0.15, -0.1) is 0 Å². The number of nitrogens with one attached hydrogen (secondary N) is 2. The number of carbonyl (C=O) groups is 1. The minimum Gasteiger partial charge on any atom is -0.497 e. The van der Waals surface area contributed by atoms with E-state index in [4.69, 9.17) is 9.15 Å². The number of benzene rings is 1. The molecule has 2 heterocycles. The summed E-state index contributed by atoms with van der Waals surface area (Å²) in [6.45, 7) is 0.306. The number of carbonyl (C=O) groups excluding carboxylic acids is 1. The van der Waals surface area contributed by atoms with Gasteiger partial charge in [0.15, 0.2) is 5.82 Å². The first-order valence-corrected chi connectivity index (χ1v) is 7.59. The number of aromatic amines is 1. The van der Waals surface area contributed by atoms with Crippen LogP contribution in [0.3, 0.4) is 0 Å². The molecule has 1 amide bonds. The van der Waals surface area contributed by atoms with E-state index in [0.29, 0.717) is 31.0 Å². The zero-order valence-corrected chi connectivity index (χ0v) is 13.3. The minimum atomic E-state index is -0.0613. The predicted molar refractivity (Wildman–Crippen MR) is 87.2 cm³/mol. The van der Waals surface area contributed by atoms with Crippen LogP contribution in [-0.2, 0) is 17.8 Å². The second-order valence-corrected chi connectivity index (χ2v) is 5.19. The van der Waals surface area contributed by atoms with E-state index in [1.807, 2.05) is 36.4 Å². The van der Waals surface area contributed by atoms with E-state index in [2.05, 4.69) is 20.5 Å². The molecule has 7 heteroatoms. The molecule has 2 N–H and O–H groups in total. The minimum absolute atomic E-state index is 0.0613. The first kappa shape index (κ1) is 15.8. The summed E-state index contributed by atoms with van der Waals surface area (Å²) in [4.78, 5) is 16.2. The van der Waals surface area contributed by atoms with E-state index in [0.717, 1.165) is 17.1 Å². The number of rotatable bonds is 7. The van der Waals surface area contributed by atoms with E-state index in [-0.39, 0.29) is 5.91 Å². The molecule has 7 nitrogen and oxygen atoms in total. The molecular formula is C17H18N4O3. The monoisotopic (exact) mass is 326 g/mol. The maximum atomic E-state index is 11.8. The molecule has 3 aromatic rings. The van der Waals surface area contributed by atoms with Crippen LogP contribution in [0.15, 0.2) is 47.1 Å². The lowest BCUT2D eigenvalue weighted by Crippen LogP contribution is -2.23. The Kier molecular flexibility index (Phi) is 4.90. The van der Waals surface area contributed by atoms with Crippen LogP contribution in [0.5, 0.6) is 5.75 Å². The number of methoxy groups -OCH3 is 1. The third kappa shape index (κ3) is 4.01. The number of H-pyrrole nitrogens is 1. The van der Waals surface area contributed by atoms with Gasteiger partial charge in [-0.3, -0.25) is 9.89 Å². The smallest absolute Gasteiger partial charge is 0.220 e. The molecule has 0 bridgehead atoms. The number of ether oxygens (including phenoxy) is 1. The molecule has 0 saturated heterocycles. The van der Waals surface area contributed by atoms with Gasteiger partial charge in [-0.05, 0) is 36.4 Å². The Morgan fingerprint density at radius 3 is 2.83 bits per heavy atom. The van der Waals surface area contributed by atoms with E-state index >= 15 is 0 Å². The van der Waals surface area contributed by atoms with Crippen molar-refractivity contribution >= 4 is 5.91 Å². The quantitative estimate of drug-likeness (QED) is 0.695. The lowest BCUT2D eigenvalue weighted by atomic mass is 10.2. The van der Waals surface area contributed by atoms with E-state index in [1.54, 1.807) is 13.4 Å². The summed E-state index contributed by atoms with van der Waals surface area (Å²) in [6.07, 6.45) is 2.54. The predicted octanol–water partition coefficient (Wildman–Crippen LogP) is 2.32. The van der Waals surface area contributed by atoms with Gasteiger partial charge in [0.05, 0.1) is 19.9 Å². The number of hydrogen-bond acceptors (Lipinski definition) is 5. The lowest BCUT2D eigenvalue weighted by Gasteiger charge is -2.01. The van der Waals surface area contributed by atoms with Crippen molar-refractivity contribution in [3.8, 4) is 17.1 Å². The second kappa shape index (κ2) is 7.45. The highest BCUT2D eigenvalue weighted by atomic mass is 16.5. The zero-order valence-electron chi connectivity index (χ0n) is 13.3. The maximum absolute atomic E-state index is 11.8. The van der Waals surface area contributed by atoms with Gasteiger partial charge in [0, 0.05) is 18.4 Å². The highest BCUT2D eigenvalue weighted by Crippen LogP contribution is 2.18. The summed E-state index contributed by atoms with van der Waals surface area (Å²) in [5.41, 5.74) is 0.877. The fourth-order valence-electron chi connectivity index (χ4n) is 2.21. The molecule has 0 fully saturated rings. The van der Waals surface area contributed by atoms with Gasteiger partial charge in [0.1, 0.15) is 17.3 Å². The number of furan rings is 1. The number of hydrogen-bond donors (Lipinski definition) is 2. The first-order chi connectivity index (χ1) is 11.7. The Balaban J connectivity index is 1.51. The van der Waals surface area contributed by atoms with Crippen molar-refractivity contribution in [2.45, 2.75) is 19.4 Å². The Bertz CT molecular complexity index is 779. The van der Waals surface area contributed by atoms with E-state index in [1.165, 1.54) is 0 Å². The Labute approximate surface area is 139 Å². The third-order valence-electron chi connectivity index (χ3n) is 3.51. The van der Waals surface area contributed by atoms with E-state index < -0.39 is 0 Å². The van der Waals surface area contributed by atoms with Crippen molar-refractivity contribution < 1.29 is 13.9 Å². The van der Waals surface area contributed by atoms with Crippen molar-refractivity contribution in [1.82, 2.24) is 20.5 Å². The van der Waals surface area contributed by atoms with Crippen molar-refractivity contribution in [1.29, 1.82) is 0 Å². The average Bonchev–Trinajstić information content (AvgIpc) is 3.30. The summed E-state index contributed by atoms with van der Waals surface area (Å²) < 4.78 is 10.3. The molecule has 3 rings (SSSR count). The summed E-state index contributed by atoms with van der Waals surface area (Å²) >= 11 is 0. The summed E-state index contributed by atoms with van der Waals surface area (Å²) in [7, 11) is 1.62. The average molecular weight is 326 g/mol. The molecule has 2 aromatic heterocycles. The summed E-state index contributed by atoms with van der Waals surface area (Å²) in [6, 6.07) is 11.1.